The van der Waals surface area contributed by atoms with Gasteiger partial charge in [-0.25, -0.2) is 4.68 Å². The lowest BCUT2D eigenvalue weighted by Crippen LogP contribution is -2.25. The molecule has 1 aromatic heterocycles. The first-order valence-corrected chi connectivity index (χ1v) is 8.28. The van der Waals surface area contributed by atoms with Gasteiger partial charge in [0.25, 0.3) is 5.91 Å². The largest absolute Gasteiger partial charge is 0.492 e. The summed E-state index contributed by atoms with van der Waals surface area (Å²) in [5.74, 6) is -0.0400. The monoisotopic (exact) mass is 349 g/mol. The van der Waals surface area contributed by atoms with Crippen LogP contribution in [0.1, 0.15) is 23.0 Å². The van der Waals surface area contributed by atoms with Gasteiger partial charge in [-0.3, -0.25) is 9.59 Å². The van der Waals surface area contributed by atoms with E-state index in [2.05, 4.69) is 10.4 Å². The second-order valence-corrected chi connectivity index (χ2v) is 5.69. The molecule has 0 fully saturated rings. The number of rotatable bonds is 5. The van der Waals surface area contributed by atoms with Gasteiger partial charge in [0.2, 0.25) is 5.43 Å². The first-order chi connectivity index (χ1) is 12.6. The van der Waals surface area contributed by atoms with Crippen molar-refractivity contribution >= 4 is 11.6 Å². The van der Waals surface area contributed by atoms with Crippen molar-refractivity contribution in [3.05, 3.63) is 82.3 Å². The number of nitrogens with one attached hydrogen (secondary N) is 1. The Morgan fingerprint density at radius 2 is 1.85 bits per heavy atom. The quantitative estimate of drug-likeness (QED) is 0.768. The number of carbonyl (C=O) groups excluding carboxylic acids is 1. The smallest absolute Gasteiger partial charge is 0.280 e. The van der Waals surface area contributed by atoms with Crippen molar-refractivity contribution in [3.8, 4) is 11.4 Å². The van der Waals surface area contributed by atoms with Crippen LogP contribution in [0.15, 0.2) is 65.6 Å². The van der Waals surface area contributed by atoms with E-state index in [0.717, 1.165) is 11.3 Å². The van der Waals surface area contributed by atoms with E-state index in [1.807, 2.05) is 44.2 Å². The van der Waals surface area contributed by atoms with Crippen LogP contribution >= 0.6 is 0 Å². The van der Waals surface area contributed by atoms with Gasteiger partial charge in [-0.2, -0.15) is 5.10 Å². The molecule has 0 bridgehead atoms. The molecule has 6 nitrogen and oxygen atoms in total. The number of hydrogen-bond acceptors (Lipinski definition) is 4. The van der Waals surface area contributed by atoms with E-state index in [1.54, 1.807) is 18.2 Å². The van der Waals surface area contributed by atoms with Crippen LogP contribution in [0, 0.1) is 6.92 Å². The van der Waals surface area contributed by atoms with Gasteiger partial charge in [0, 0.05) is 12.3 Å². The molecular formula is C20H19N3O3. The fourth-order valence-corrected chi connectivity index (χ4v) is 2.44. The van der Waals surface area contributed by atoms with Crippen LogP contribution in [0.25, 0.3) is 5.69 Å². The average Bonchev–Trinajstić information content (AvgIpc) is 2.64. The molecule has 3 aromatic rings. The van der Waals surface area contributed by atoms with Gasteiger partial charge < -0.3 is 10.1 Å². The SMILES string of the molecule is CCOc1ccccc1NC(=O)c1nn(-c2ccc(C)cc2)ccc1=O. The van der Waals surface area contributed by atoms with Crippen LogP contribution < -0.4 is 15.5 Å². The van der Waals surface area contributed by atoms with Crippen LogP contribution in [-0.2, 0) is 0 Å². The maximum Gasteiger partial charge on any atom is 0.280 e. The third kappa shape index (κ3) is 3.80. The van der Waals surface area contributed by atoms with E-state index >= 15 is 0 Å². The lowest BCUT2D eigenvalue weighted by atomic mass is 10.2. The number of nitrogens with zero attached hydrogens (tertiary/aromatic N) is 2. The Morgan fingerprint density at radius 3 is 2.58 bits per heavy atom. The number of aryl methyl sites for hydroxylation is 1. The number of carbonyl (C=O) groups is 1. The fourth-order valence-electron chi connectivity index (χ4n) is 2.44. The zero-order valence-electron chi connectivity index (χ0n) is 14.6. The summed E-state index contributed by atoms with van der Waals surface area (Å²) in [6.45, 7) is 4.31. The van der Waals surface area contributed by atoms with Gasteiger partial charge in [0.15, 0.2) is 5.69 Å². The molecule has 2 aromatic carbocycles. The maximum atomic E-state index is 12.6. The first kappa shape index (κ1) is 17.4. The number of ether oxygens (including phenoxy) is 1. The first-order valence-electron chi connectivity index (χ1n) is 8.28. The van der Waals surface area contributed by atoms with Crippen molar-refractivity contribution in [2.45, 2.75) is 13.8 Å². The Kier molecular flexibility index (Phi) is 5.12. The molecular weight excluding hydrogens is 330 g/mol. The predicted molar refractivity (Wildman–Crippen MR) is 100 cm³/mol. The number of amides is 1. The van der Waals surface area contributed by atoms with Crippen LogP contribution in [0.5, 0.6) is 5.75 Å². The lowest BCUT2D eigenvalue weighted by Gasteiger charge is -2.11. The summed E-state index contributed by atoms with van der Waals surface area (Å²) in [5.41, 5.74) is 1.74. The third-order valence-corrected chi connectivity index (χ3v) is 3.76. The van der Waals surface area contributed by atoms with Crippen molar-refractivity contribution in [3.63, 3.8) is 0 Å². The predicted octanol–water partition coefficient (Wildman–Crippen LogP) is 3.19. The van der Waals surface area contributed by atoms with Crippen LogP contribution in [-0.4, -0.2) is 22.3 Å². The Bertz CT molecular complexity index is 978. The second-order valence-electron chi connectivity index (χ2n) is 5.69. The zero-order valence-corrected chi connectivity index (χ0v) is 14.6. The third-order valence-electron chi connectivity index (χ3n) is 3.76. The summed E-state index contributed by atoms with van der Waals surface area (Å²) in [6.07, 6.45) is 1.54. The van der Waals surface area contributed by atoms with Gasteiger partial charge in [-0.1, -0.05) is 29.8 Å². The zero-order chi connectivity index (χ0) is 18.5. The number of aromatic nitrogens is 2. The molecule has 1 amide bonds. The molecule has 0 aliphatic heterocycles. The van der Waals surface area contributed by atoms with E-state index < -0.39 is 11.3 Å². The molecule has 0 aliphatic carbocycles. The molecule has 3 rings (SSSR count). The molecule has 26 heavy (non-hydrogen) atoms. The summed E-state index contributed by atoms with van der Waals surface area (Å²) in [5, 5.41) is 6.90. The topological polar surface area (TPSA) is 73.2 Å². The van der Waals surface area contributed by atoms with Crippen LogP contribution in [0.3, 0.4) is 0 Å². The highest BCUT2D eigenvalue weighted by molar-refractivity contribution is 6.03. The summed E-state index contributed by atoms with van der Waals surface area (Å²) in [7, 11) is 0. The van der Waals surface area contributed by atoms with Gasteiger partial charge in [-0.15, -0.1) is 0 Å². The molecule has 0 unspecified atom stereocenters. The van der Waals surface area contributed by atoms with Gasteiger partial charge in [0.05, 0.1) is 18.0 Å². The summed E-state index contributed by atoms with van der Waals surface area (Å²) in [6, 6.07) is 16.0. The highest BCUT2D eigenvalue weighted by Gasteiger charge is 2.15. The van der Waals surface area contributed by atoms with E-state index in [9.17, 15) is 9.59 Å². The number of hydrogen-bond donors (Lipinski definition) is 1. The molecule has 0 saturated carbocycles. The summed E-state index contributed by atoms with van der Waals surface area (Å²) in [4.78, 5) is 24.7. The number of benzene rings is 2. The van der Waals surface area contributed by atoms with E-state index in [-0.39, 0.29) is 5.69 Å². The maximum absolute atomic E-state index is 12.6. The van der Waals surface area contributed by atoms with Crippen molar-refractivity contribution in [2.75, 3.05) is 11.9 Å². The van der Waals surface area contributed by atoms with Gasteiger partial charge in [0.1, 0.15) is 5.75 Å². The Hall–Kier alpha value is -3.41. The van der Waals surface area contributed by atoms with Crippen molar-refractivity contribution < 1.29 is 9.53 Å². The van der Waals surface area contributed by atoms with Crippen molar-refractivity contribution in [2.24, 2.45) is 0 Å². The van der Waals surface area contributed by atoms with E-state index in [1.165, 1.54) is 16.9 Å². The normalized spacial score (nSPS) is 10.4. The van der Waals surface area contributed by atoms with E-state index in [0.29, 0.717) is 18.0 Å². The second kappa shape index (κ2) is 7.65. The summed E-state index contributed by atoms with van der Waals surface area (Å²) >= 11 is 0. The minimum Gasteiger partial charge on any atom is -0.492 e. The highest BCUT2D eigenvalue weighted by Crippen LogP contribution is 2.23. The Labute approximate surface area is 151 Å². The number of para-hydroxylation sites is 2. The molecule has 1 N–H and O–H groups in total. The van der Waals surface area contributed by atoms with E-state index in [4.69, 9.17) is 4.74 Å². The molecule has 132 valence electrons. The lowest BCUT2D eigenvalue weighted by molar-refractivity contribution is 0.101. The molecule has 6 heteroatoms. The van der Waals surface area contributed by atoms with Gasteiger partial charge in [-0.05, 0) is 38.1 Å². The minimum absolute atomic E-state index is 0.181. The van der Waals surface area contributed by atoms with Gasteiger partial charge >= 0.3 is 0 Å². The molecule has 0 spiro atoms. The van der Waals surface area contributed by atoms with Crippen LogP contribution in [0.4, 0.5) is 5.69 Å². The summed E-state index contributed by atoms with van der Waals surface area (Å²) < 4.78 is 6.99. The van der Waals surface area contributed by atoms with Crippen molar-refractivity contribution in [1.29, 1.82) is 0 Å². The van der Waals surface area contributed by atoms with Crippen molar-refractivity contribution in [1.82, 2.24) is 9.78 Å². The van der Waals surface area contributed by atoms with Crippen LogP contribution in [0.2, 0.25) is 0 Å². The molecule has 0 atom stereocenters. The standard InChI is InChI=1S/C20H19N3O3/c1-3-26-18-7-5-4-6-16(18)21-20(25)19-17(24)12-13-23(22-19)15-10-8-14(2)9-11-15/h4-13H,3H2,1-2H3,(H,21,25). The molecule has 0 saturated heterocycles. The highest BCUT2D eigenvalue weighted by atomic mass is 16.5. The average molecular weight is 349 g/mol. The Morgan fingerprint density at radius 1 is 1.12 bits per heavy atom. The minimum atomic E-state index is -0.580. The number of anilines is 1. The molecule has 0 aliphatic rings. The molecule has 1 heterocycles. The Balaban J connectivity index is 1.91. The fraction of sp³-hybridized carbons (Fsp3) is 0.150. The molecule has 0 radical (unpaired) electrons.